The molecule has 3 rings (SSSR count). The van der Waals surface area contributed by atoms with Gasteiger partial charge in [-0.05, 0) is 25.0 Å². The average molecular weight is 358 g/mol. The van der Waals surface area contributed by atoms with Crippen LogP contribution in [0.1, 0.15) is 31.2 Å². The first-order chi connectivity index (χ1) is 12.7. The zero-order chi connectivity index (χ0) is 18.4. The Morgan fingerprint density at radius 1 is 1.42 bits per heavy atom. The number of ether oxygens (including phenoxy) is 2. The number of benzene rings is 1. The van der Waals surface area contributed by atoms with Crippen LogP contribution in [0.3, 0.4) is 0 Å². The lowest BCUT2D eigenvalue weighted by Gasteiger charge is -2.36. The number of hydrogen-bond donors (Lipinski definition) is 1. The first kappa shape index (κ1) is 18.5. The van der Waals surface area contributed by atoms with E-state index in [1.54, 1.807) is 13.2 Å². The Bertz CT molecular complexity index is 680. The van der Waals surface area contributed by atoms with E-state index < -0.39 is 5.41 Å². The van der Waals surface area contributed by atoms with Crippen molar-refractivity contribution in [3.05, 3.63) is 42.5 Å². The molecule has 1 aromatic carbocycles. The molecule has 1 saturated heterocycles. The van der Waals surface area contributed by atoms with Crippen molar-refractivity contribution in [2.45, 2.75) is 31.8 Å². The molecule has 1 amide bonds. The molecular weight excluding hydrogens is 332 g/mol. The predicted molar refractivity (Wildman–Crippen MR) is 99.3 cm³/mol. The minimum atomic E-state index is -0.475. The van der Waals surface area contributed by atoms with Crippen LogP contribution in [-0.2, 0) is 14.4 Å². The van der Waals surface area contributed by atoms with E-state index in [0.717, 1.165) is 17.0 Å². The maximum Gasteiger partial charge on any atom is 0.226 e. The van der Waals surface area contributed by atoms with Gasteiger partial charge in [-0.1, -0.05) is 23.4 Å². The summed E-state index contributed by atoms with van der Waals surface area (Å²) in [6, 6.07) is 7.77. The van der Waals surface area contributed by atoms with Crippen molar-refractivity contribution in [1.82, 2.24) is 5.32 Å². The number of amides is 1. The van der Waals surface area contributed by atoms with Crippen molar-refractivity contribution in [2.24, 2.45) is 10.6 Å². The highest BCUT2D eigenvalue weighted by Gasteiger charge is 2.43. The summed E-state index contributed by atoms with van der Waals surface area (Å²) < 4.78 is 10.9. The maximum atomic E-state index is 12.8. The Hall–Kier alpha value is -2.34. The van der Waals surface area contributed by atoms with E-state index >= 15 is 0 Å². The molecule has 0 unspecified atom stereocenters. The van der Waals surface area contributed by atoms with E-state index in [4.69, 9.17) is 14.3 Å². The van der Waals surface area contributed by atoms with Crippen molar-refractivity contribution < 1.29 is 19.1 Å². The zero-order valence-electron chi connectivity index (χ0n) is 15.2. The molecule has 6 heteroatoms. The van der Waals surface area contributed by atoms with E-state index in [9.17, 15) is 4.79 Å². The second-order valence-electron chi connectivity index (χ2n) is 6.77. The Balaban J connectivity index is 1.69. The largest absolute Gasteiger partial charge is 0.496 e. The third-order valence-corrected chi connectivity index (χ3v) is 5.11. The van der Waals surface area contributed by atoms with Crippen LogP contribution in [0.4, 0.5) is 0 Å². The van der Waals surface area contributed by atoms with Crippen molar-refractivity contribution >= 4 is 11.6 Å². The third-order valence-electron chi connectivity index (χ3n) is 5.11. The fraction of sp³-hybridized carbons (Fsp3) is 0.500. The number of carbonyl (C=O) groups excluding carboxylic acids is 1. The summed E-state index contributed by atoms with van der Waals surface area (Å²) >= 11 is 0. The van der Waals surface area contributed by atoms with Crippen LogP contribution in [0.2, 0.25) is 0 Å². The van der Waals surface area contributed by atoms with Gasteiger partial charge in [-0.3, -0.25) is 4.79 Å². The Kier molecular flexibility index (Phi) is 5.93. The van der Waals surface area contributed by atoms with E-state index in [2.05, 4.69) is 17.1 Å². The van der Waals surface area contributed by atoms with Crippen LogP contribution < -0.4 is 10.1 Å². The van der Waals surface area contributed by atoms with Gasteiger partial charge in [0.2, 0.25) is 5.91 Å². The number of para-hydroxylation sites is 1. The zero-order valence-corrected chi connectivity index (χ0v) is 15.2. The van der Waals surface area contributed by atoms with Gasteiger partial charge >= 0.3 is 0 Å². The summed E-state index contributed by atoms with van der Waals surface area (Å²) in [7, 11) is 1.65. The van der Waals surface area contributed by atoms with Gasteiger partial charge in [0.1, 0.15) is 11.9 Å². The summed E-state index contributed by atoms with van der Waals surface area (Å²) in [5, 5.41) is 7.22. The van der Waals surface area contributed by atoms with Crippen LogP contribution in [-0.4, -0.2) is 44.6 Å². The second-order valence-corrected chi connectivity index (χ2v) is 6.77. The average Bonchev–Trinajstić information content (AvgIpc) is 3.14. The van der Waals surface area contributed by atoms with E-state index in [1.165, 1.54) is 0 Å². The molecule has 1 N–H and O–H groups in total. The molecule has 0 saturated carbocycles. The highest BCUT2D eigenvalue weighted by atomic mass is 16.6. The number of rotatable bonds is 7. The molecule has 1 fully saturated rings. The molecule has 0 aliphatic carbocycles. The summed E-state index contributed by atoms with van der Waals surface area (Å²) in [6.45, 7) is 5.32. The number of carbonyl (C=O) groups is 1. The van der Waals surface area contributed by atoms with Crippen molar-refractivity contribution in [1.29, 1.82) is 0 Å². The molecule has 1 aromatic rings. The monoisotopic (exact) mass is 358 g/mol. The van der Waals surface area contributed by atoms with E-state index in [-0.39, 0.29) is 12.0 Å². The summed E-state index contributed by atoms with van der Waals surface area (Å²) in [6.07, 6.45) is 4.25. The highest BCUT2D eigenvalue weighted by Crippen LogP contribution is 2.39. The minimum absolute atomic E-state index is 0.0510. The molecule has 2 aliphatic rings. The van der Waals surface area contributed by atoms with Crippen LogP contribution in [0.5, 0.6) is 5.75 Å². The molecule has 1 atom stereocenters. The molecule has 6 nitrogen and oxygen atoms in total. The van der Waals surface area contributed by atoms with Crippen LogP contribution in [0, 0.1) is 5.41 Å². The van der Waals surface area contributed by atoms with Gasteiger partial charge in [0.05, 0.1) is 18.2 Å². The fourth-order valence-electron chi connectivity index (χ4n) is 3.65. The lowest BCUT2D eigenvalue weighted by molar-refractivity contribution is -0.139. The van der Waals surface area contributed by atoms with Gasteiger partial charge in [-0.15, -0.1) is 6.58 Å². The first-order valence-corrected chi connectivity index (χ1v) is 9.01. The summed E-state index contributed by atoms with van der Waals surface area (Å²) in [5.41, 5.74) is 1.33. The highest BCUT2D eigenvalue weighted by molar-refractivity contribution is 6.03. The topological polar surface area (TPSA) is 69.2 Å². The molecular formula is C20H26N2O4. The Morgan fingerprint density at radius 3 is 2.92 bits per heavy atom. The standard InChI is InChI=1S/C20H26N2O4/c1-3-10-21-19(23)20(8-11-25-12-9-20)14-15-13-17(22-26-15)16-6-4-5-7-18(16)24-2/h3-7,15H,1,8-14H2,2H3,(H,21,23)/t15-/m0/s1. The lowest BCUT2D eigenvalue weighted by atomic mass is 9.74. The van der Waals surface area contributed by atoms with E-state index in [0.29, 0.717) is 45.4 Å². The van der Waals surface area contributed by atoms with Gasteiger partial charge in [0.15, 0.2) is 0 Å². The van der Waals surface area contributed by atoms with Gasteiger partial charge in [-0.2, -0.15) is 0 Å². The summed E-state index contributed by atoms with van der Waals surface area (Å²) in [5.74, 6) is 0.829. The van der Waals surface area contributed by atoms with Crippen molar-refractivity contribution in [3.63, 3.8) is 0 Å². The molecule has 0 spiro atoms. The van der Waals surface area contributed by atoms with E-state index in [1.807, 2.05) is 24.3 Å². The number of methoxy groups -OCH3 is 1. The van der Waals surface area contributed by atoms with Gasteiger partial charge < -0.3 is 19.6 Å². The Morgan fingerprint density at radius 2 is 2.19 bits per heavy atom. The quantitative estimate of drug-likeness (QED) is 0.761. The van der Waals surface area contributed by atoms with Gasteiger partial charge in [0, 0.05) is 38.2 Å². The van der Waals surface area contributed by atoms with Crippen LogP contribution in [0.25, 0.3) is 0 Å². The molecule has 26 heavy (non-hydrogen) atoms. The molecule has 0 aromatic heterocycles. The molecule has 2 heterocycles. The molecule has 0 radical (unpaired) electrons. The molecule has 0 bridgehead atoms. The second kappa shape index (κ2) is 8.36. The smallest absolute Gasteiger partial charge is 0.226 e. The fourth-order valence-corrected chi connectivity index (χ4v) is 3.65. The first-order valence-electron chi connectivity index (χ1n) is 9.01. The van der Waals surface area contributed by atoms with Gasteiger partial charge in [-0.25, -0.2) is 0 Å². The Labute approximate surface area is 154 Å². The number of oxime groups is 1. The third kappa shape index (κ3) is 3.90. The predicted octanol–water partition coefficient (Wildman–Crippen LogP) is 2.68. The normalized spacial score (nSPS) is 21.4. The molecule has 140 valence electrons. The number of nitrogens with zero attached hydrogens (tertiary/aromatic N) is 1. The van der Waals surface area contributed by atoms with Crippen LogP contribution in [0.15, 0.2) is 42.1 Å². The summed E-state index contributed by atoms with van der Waals surface area (Å²) in [4.78, 5) is 18.5. The SMILES string of the molecule is C=CCNC(=O)C1(C[C@@H]2CC(c3ccccc3OC)=NO2)CCOCC1. The lowest BCUT2D eigenvalue weighted by Crippen LogP contribution is -2.46. The maximum absolute atomic E-state index is 12.8. The number of hydrogen-bond acceptors (Lipinski definition) is 5. The number of nitrogens with one attached hydrogen (secondary N) is 1. The van der Waals surface area contributed by atoms with Crippen molar-refractivity contribution in [2.75, 3.05) is 26.9 Å². The van der Waals surface area contributed by atoms with Gasteiger partial charge in [0.25, 0.3) is 0 Å². The molecule has 2 aliphatic heterocycles. The van der Waals surface area contributed by atoms with Crippen molar-refractivity contribution in [3.8, 4) is 5.75 Å². The van der Waals surface area contributed by atoms with Crippen LogP contribution >= 0.6 is 0 Å². The minimum Gasteiger partial charge on any atom is -0.496 e.